The number of halogens is 2. The van der Waals surface area contributed by atoms with Gasteiger partial charge in [0.1, 0.15) is 0 Å². The van der Waals surface area contributed by atoms with Gasteiger partial charge in [0.25, 0.3) is 0 Å². The molecule has 0 saturated heterocycles. The number of allylic oxidation sites excluding steroid dienone is 2. The van der Waals surface area contributed by atoms with Crippen molar-refractivity contribution in [1.82, 2.24) is 4.90 Å². The maximum atomic E-state index is 13.4. The standard InChI is InChI=1S/C47H87N3OS2.2ClH/c1-11-36(34(2)3)18-17-35(4)40-21-22-41-39-20-19-37-33-38(23-27-46(37,9)42(39)24-28-47(40,41)10)53-52-32-25-43(51)50(31-29-45(7,8)49)30-16-14-12-13-15-26-44(5,6)48;;/h19,34-36,38-42H,11-18,20-33,48-49H2,1-10H3;2*1H/t35-,36-,38+,39+,40-,41+,42+,46+,47-;;/m1../s1. The number of hydrogen-bond donors (Lipinski definition) is 2. The van der Waals surface area contributed by atoms with Crippen LogP contribution in [0.25, 0.3) is 0 Å². The first-order valence-corrected chi connectivity index (χ1v) is 25.1. The lowest BCUT2D eigenvalue weighted by atomic mass is 9.47. The Hall–Kier alpha value is 0.410. The van der Waals surface area contributed by atoms with Crippen LogP contribution in [0.2, 0.25) is 0 Å². The molecule has 0 heterocycles. The average Bonchev–Trinajstić information content (AvgIpc) is 3.44. The third kappa shape index (κ3) is 14.5. The summed E-state index contributed by atoms with van der Waals surface area (Å²) >= 11 is 0. The molecule has 3 fully saturated rings. The normalized spacial score (nSPS) is 30.3. The van der Waals surface area contributed by atoms with E-state index in [0.717, 1.165) is 79.5 Å². The molecule has 0 aromatic rings. The quantitative estimate of drug-likeness (QED) is 0.0645. The molecule has 0 aromatic heterocycles. The predicted molar refractivity (Wildman–Crippen MR) is 251 cm³/mol. The Kier molecular flexibility index (Phi) is 21.4. The van der Waals surface area contributed by atoms with Crippen LogP contribution in [0.15, 0.2) is 11.6 Å². The van der Waals surface area contributed by atoms with Crippen LogP contribution in [-0.2, 0) is 4.79 Å². The zero-order valence-corrected chi connectivity index (χ0v) is 40.7. The van der Waals surface area contributed by atoms with Crippen molar-refractivity contribution >= 4 is 52.3 Å². The molecule has 3 saturated carbocycles. The number of nitrogens with two attached hydrogens (primary N) is 2. The molecule has 4 nitrogen and oxygen atoms in total. The largest absolute Gasteiger partial charge is 0.343 e. The van der Waals surface area contributed by atoms with Gasteiger partial charge in [0.15, 0.2) is 0 Å². The number of fused-ring (bicyclic) bond motifs is 5. The molecule has 4 rings (SSSR count). The van der Waals surface area contributed by atoms with E-state index in [1.807, 2.05) is 10.8 Å². The zero-order chi connectivity index (χ0) is 39.0. The second-order valence-corrected chi connectivity index (χ2v) is 23.9. The van der Waals surface area contributed by atoms with Crippen molar-refractivity contribution in [2.45, 2.75) is 208 Å². The number of carbonyl (C=O) groups is 1. The maximum absolute atomic E-state index is 13.4. The Labute approximate surface area is 361 Å². The van der Waals surface area contributed by atoms with E-state index in [9.17, 15) is 4.79 Å². The SMILES string of the molecule is CC[C@H](CC[C@@H](C)[C@H]1CC[C@H]2[C@@H]3CC=C4C[C@@H](SSCCC(=O)N(CCCCCCCC(C)(C)N)CCC(C)(C)N)CC[C@]4(C)[C@H]3CC[C@]12C)C(C)C.Cl.Cl. The number of nitrogens with zero attached hydrogens (tertiary/aromatic N) is 1. The van der Waals surface area contributed by atoms with Crippen molar-refractivity contribution in [3.05, 3.63) is 11.6 Å². The summed E-state index contributed by atoms with van der Waals surface area (Å²) in [6.07, 6.45) is 26.6. The predicted octanol–water partition coefficient (Wildman–Crippen LogP) is 13.7. The van der Waals surface area contributed by atoms with Gasteiger partial charge in [-0.05, 0) is 157 Å². The first kappa shape index (κ1) is 51.6. The summed E-state index contributed by atoms with van der Waals surface area (Å²) in [7, 11) is 4.05. The van der Waals surface area contributed by atoms with Gasteiger partial charge in [-0.15, -0.1) is 24.8 Å². The molecule has 4 aliphatic carbocycles. The second kappa shape index (κ2) is 22.9. The summed E-state index contributed by atoms with van der Waals surface area (Å²) in [5.41, 5.74) is 14.9. The van der Waals surface area contributed by atoms with Crippen LogP contribution < -0.4 is 11.5 Å². The smallest absolute Gasteiger partial charge is 0.223 e. The monoisotopic (exact) mass is 846 g/mol. The Morgan fingerprint density at radius 2 is 1.55 bits per heavy atom. The highest BCUT2D eigenvalue weighted by Crippen LogP contribution is 2.67. The Morgan fingerprint density at radius 3 is 2.20 bits per heavy atom. The van der Waals surface area contributed by atoms with E-state index in [2.05, 4.69) is 91.0 Å². The molecule has 0 spiro atoms. The number of carbonyl (C=O) groups excluding carboxylic acids is 1. The summed E-state index contributed by atoms with van der Waals surface area (Å²) in [4.78, 5) is 15.6. The topological polar surface area (TPSA) is 72.3 Å². The first-order valence-electron chi connectivity index (χ1n) is 22.7. The number of hydrogen-bond acceptors (Lipinski definition) is 5. The van der Waals surface area contributed by atoms with E-state index >= 15 is 0 Å². The molecule has 0 radical (unpaired) electrons. The summed E-state index contributed by atoms with van der Waals surface area (Å²) in [6.45, 7) is 25.3. The fourth-order valence-corrected chi connectivity index (χ4v) is 14.6. The lowest BCUT2D eigenvalue weighted by Crippen LogP contribution is -2.50. The van der Waals surface area contributed by atoms with Crippen LogP contribution in [0.5, 0.6) is 0 Å². The van der Waals surface area contributed by atoms with E-state index in [1.165, 1.54) is 96.3 Å². The molecular formula is C47H89Cl2N3OS2. The van der Waals surface area contributed by atoms with Crippen LogP contribution in [0.4, 0.5) is 0 Å². The highest BCUT2D eigenvalue weighted by atomic mass is 35.5. The highest BCUT2D eigenvalue weighted by molar-refractivity contribution is 8.76. The number of unbranched alkanes of at least 4 members (excludes halogenated alkanes) is 4. The molecule has 9 atom stereocenters. The molecular weight excluding hydrogens is 758 g/mol. The van der Waals surface area contributed by atoms with E-state index in [4.69, 9.17) is 11.5 Å². The average molecular weight is 847 g/mol. The van der Waals surface area contributed by atoms with Gasteiger partial charge in [-0.3, -0.25) is 4.79 Å². The highest BCUT2D eigenvalue weighted by Gasteiger charge is 2.59. The van der Waals surface area contributed by atoms with Gasteiger partial charge in [-0.2, -0.15) is 0 Å². The van der Waals surface area contributed by atoms with Crippen LogP contribution >= 0.6 is 46.4 Å². The minimum Gasteiger partial charge on any atom is -0.343 e. The van der Waals surface area contributed by atoms with Crippen molar-refractivity contribution in [3.63, 3.8) is 0 Å². The molecule has 1 amide bonds. The summed E-state index contributed by atoms with van der Waals surface area (Å²) < 4.78 is 0. The fraction of sp³-hybridized carbons (Fsp3) is 0.936. The third-order valence-corrected chi connectivity index (χ3v) is 18.4. The van der Waals surface area contributed by atoms with Gasteiger partial charge in [0.05, 0.1) is 0 Å². The van der Waals surface area contributed by atoms with Gasteiger partial charge in [0.2, 0.25) is 5.91 Å². The molecule has 0 unspecified atom stereocenters. The van der Waals surface area contributed by atoms with E-state index < -0.39 is 0 Å². The lowest BCUT2D eigenvalue weighted by Gasteiger charge is -2.58. The molecule has 55 heavy (non-hydrogen) atoms. The molecule has 8 heteroatoms. The van der Waals surface area contributed by atoms with Crippen LogP contribution in [-0.4, -0.2) is 46.0 Å². The van der Waals surface area contributed by atoms with Gasteiger partial charge in [-0.25, -0.2) is 0 Å². The molecule has 0 bridgehead atoms. The van der Waals surface area contributed by atoms with Crippen LogP contribution in [0.1, 0.15) is 191 Å². The van der Waals surface area contributed by atoms with Crippen LogP contribution in [0, 0.1) is 52.3 Å². The summed E-state index contributed by atoms with van der Waals surface area (Å²) in [6, 6.07) is 0. The van der Waals surface area contributed by atoms with Crippen LogP contribution in [0.3, 0.4) is 0 Å². The fourth-order valence-electron chi connectivity index (χ4n) is 12.0. The van der Waals surface area contributed by atoms with Gasteiger partial charge in [0, 0.05) is 41.6 Å². The van der Waals surface area contributed by atoms with Crippen molar-refractivity contribution in [1.29, 1.82) is 0 Å². The molecule has 0 aromatic carbocycles. The molecule has 4 aliphatic rings. The van der Waals surface area contributed by atoms with E-state index in [-0.39, 0.29) is 35.9 Å². The van der Waals surface area contributed by atoms with Crippen molar-refractivity contribution in [2.75, 3.05) is 18.8 Å². The van der Waals surface area contributed by atoms with Crippen molar-refractivity contribution < 1.29 is 4.79 Å². The zero-order valence-electron chi connectivity index (χ0n) is 37.4. The Bertz CT molecular complexity index is 1170. The Morgan fingerprint density at radius 1 is 0.873 bits per heavy atom. The molecule has 324 valence electrons. The Balaban J connectivity index is 0.00000523. The van der Waals surface area contributed by atoms with Gasteiger partial charge >= 0.3 is 0 Å². The summed E-state index contributed by atoms with van der Waals surface area (Å²) in [5, 5.41) is 0.688. The summed E-state index contributed by atoms with van der Waals surface area (Å²) in [5.74, 6) is 7.47. The lowest BCUT2D eigenvalue weighted by molar-refractivity contribution is -0.131. The minimum atomic E-state index is -0.248. The molecule has 4 N–H and O–H groups in total. The van der Waals surface area contributed by atoms with Gasteiger partial charge < -0.3 is 16.4 Å². The van der Waals surface area contributed by atoms with Gasteiger partial charge in [-0.1, -0.05) is 113 Å². The van der Waals surface area contributed by atoms with Crippen molar-refractivity contribution in [2.24, 2.45) is 63.7 Å². The minimum absolute atomic E-state index is 0. The molecule has 0 aliphatic heterocycles. The van der Waals surface area contributed by atoms with E-state index in [1.54, 1.807) is 5.57 Å². The number of rotatable bonds is 22. The second-order valence-electron chi connectivity index (χ2n) is 21.1. The van der Waals surface area contributed by atoms with Crippen molar-refractivity contribution in [3.8, 4) is 0 Å². The maximum Gasteiger partial charge on any atom is 0.223 e. The first-order chi connectivity index (χ1) is 24.9. The third-order valence-electron chi connectivity index (χ3n) is 15.5. The van der Waals surface area contributed by atoms with E-state index in [0.29, 0.717) is 28.4 Å². The number of amides is 1.